The molecule has 0 rings (SSSR count). The van der Waals surface area contributed by atoms with Gasteiger partial charge in [0.25, 0.3) is 0 Å². The maximum Gasteiger partial charge on any atom is 0.219 e. The molecule has 0 aromatic carbocycles. The number of hydrogen-bond acceptors (Lipinski definition) is 8. The van der Waals surface area contributed by atoms with E-state index in [4.69, 9.17) is 0 Å². The Kier molecular flexibility index (Phi) is 42.4. The van der Waals surface area contributed by atoms with Crippen molar-refractivity contribution < 1.29 is 39.9 Å². The minimum absolute atomic E-state index is 0.149. The Morgan fingerprint density at radius 2 is 0.754 bits per heavy atom. The lowest BCUT2D eigenvalue weighted by Gasteiger charge is -2.39. The van der Waals surface area contributed by atoms with E-state index < -0.39 is 35.2 Å². The van der Waals surface area contributed by atoms with Crippen molar-refractivity contribution in [2.45, 2.75) is 275 Å². The summed E-state index contributed by atoms with van der Waals surface area (Å²) in [6, 6.07) is 0. The van der Waals surface area contributed by atoms with Gasteiger partial charge in [-0.3, -0.25) is 14.4 Å². The number of carbonyl (C=O) groups excluding carboxylic acids is 3. The summed E-state index contributed by atoms with van der Waals surface area (Å²) < 4.78 is 0. The standard InChI is InChI=1S/C57H100O8/c1-4-7-10-13-14-15-16-17-18-19-20-21-29-34-41-48-54(62)57(65,55(63)49-42-35-30-25-23-27-32-39-46-52(60)44-37-12-9-6-3)56(64,50-58)53(61)47-40-33-28-24-22-26-31-38-45-51(59)43-36-11-8-5-2/h7,10,14-15,17-18,31-32,38-39,51-52,58-60,64-65H,4-6,8-9,11-13,16,19-30,33-37,40-50H2,1-3H3/b10-7-,15-14-,18-17-,38-31-,39-32-. The van der Waals surface area contributed by atoms with Crippen LogP contribution in [0.15, 0.2) is 60.8 Å². The molecule has 8 heteroatoms. The van der Waals surface area contributed by atoms with E-state index in [0.29, 0.717) is 51.4 Å². The smallest absolute Gasteiger partial charge is 0.219 e. The topological polar surface area (TPSA) is 152 Å². The first kappa shape index (κ1) is 62.5. The van der Waals surface area contributed by atoms with Gasteiger partial charge in [0.2, 0.25) is 5.60 Å². The molecule has 0 amide bonds. The van der Waals surface area contributed by atoms with Crippen molar-refractivity contribution >= 4 is 17.3 Å². The van der Waals surface area contributed by atoms with E-state index in [-0.39, 0.29) is 31.5 Å². The molecule has 376 valence electrons. The molecule has 0 heterocycles. The Morgan fingerprint density at radius 1 is 0.415 bits per heavy atom. The maximum absolute atomic E-state index is 13.8. The van der Waals surface area contributed by atoms with E-state index in [9.17, 15) is 39.9 Å². The maximum atomic E-state index is 13.8. The molecule has 0 radical (unpaired) electrons. The van der Waals surface area contributed by atoms with E-state index in [1.807, 2.05) is 0 Å². The van der Waals surface area contributed by atoms with Gasteiger partial charge < -0.3 is 25.5 Å². The van der Waals surface area contributed by atoms with Gasteiger partial charge in [-0.2, -0.15) is 0 Å². The highest BCUT2D eigenvalue weighted by Gasteiger charge is 2.62. The van der Waals surface area contributed by atoms with Crippen LogP contribution in [-0.2, 0) is 14.4 Å². The second-order valence-corrected chi connectivity index (χ2v) is 18.6. The molecular formula is C57H100O8. The van der Waals surface area contributed by atoms with Crippen molar-refractivity contribution in [2.24, 2.45) is 0 Å². The van der Waals surface area contributed by atoms with Crippen LogP contribution >= 0.6 is 0 Å². The Bertz CT molecular complexity index is 1300. The molecule has 0 fully saturated rings. The van der Waals surface area contributed by atoms with Gasteiger partial charge >= 0.3 is 0 Å². The number of aliphatic hydroxyl groups is 5. The van der Waals surface area contributed by atoms with Crippen molar-refractivity contribution in [1.82, 2.24) is 0 Å². The predicted molar refractivity (Wildman–Crippen MR) is 273 cm³/mol. The summed E-state index contributed by atoms with van der Waals surface area (Å²) >= 11 is 0. The van der Waals surface area contributed by atoms with Gasteiger partial charge in [-0.05, 0) is 103 Å². The molecule has 4 unspecified atom stereocenters. The van der Waals surface area contributed by atoms with Gasteiger partial charge in [0.1, 0.15) is 0 Å². The number of ketones is 3. The summed E-state index contributed by atoms with van der Waals surface area (Å²) in [4.78, 5) is 41.2. The van der Waals surface area contributed by atoms with Gasteiger partial charge in [-0.15, -0.1) is 0 Å². The van der Waals surface area contributed by atoms with Gasteiger partial charge in [0.05, 0.1) is 18.8 Å². The third kappa shape index (κ3) is 32.0. The van der Waals surface area contributed by atoms with Crippen molar-refractivity contribution in [2.75, 3.05) is 6.61 Å². The van der Waals surface area contributed by atoms with Crippen LogP contribution in [0.4, 0.5) is 0 Å². The van der Waals surface area contributed by atoms with Crippen molar-refractivity contribution in [3.63, 3.8) is 0 Å². The average Bonchev–Trinajstić information content (AvgIpc) is 3.30. The molecule has 5 N–H and O–H groups in total. The summed E-state index contributed by atoms with van der Waals surface area (Å²) in [5.74, 6) is -2.64. The molecule has 65 heavy (non-hydrogen) atoms. The fraction of sp³-hybridized carbons (Fsp3) is 0.772. The highest BCUT2D eigenvalue weighted by Crippen LogP contribution is 2.32. The third-order valence-corrected chi connectivity index (χ3v) is 12.6. The average molecular weight is 913 g/mol. The highest BCUT2D eigenvalue weighted by molar-refractivity contribution is 6.16. The first-order valence-electron chi connectivity index (χ1n) is 26.8. The number of carbonyl (C=O) groups is 3. The fourth-order valence-electron chi connectivity index (χ4n) is 8.24. The summed E-state index contributed by atoms with van der Waals surface area (Å²) in [5, 5.41) is 54.4. The Labute approximate surface area is 398 Å². The second kappa shape index (κ2) is 44.0. The SMILES string of the molecule is CC/C=C\C/C=C\C/C=C\CCCCCCCC(=O)C(O)(C(=O)CCCCCCC/C=C\CC(O)CCCCCC)C(O)(CO)C(=O)CCCCCCC/C=C\CC(O)CCCCCC. The van der Waals surface area contributed by atoms with E-state index >= 15 is 0 Å². The number of hydrogen-bond donors (Lipinski definition) is 5. The Balaban J connectivity index is 5.10. The first-order chi connectivity index (χ1) is 31.5. The molecule has 0 saturated carbocycles. The van der Waals surface area contributed by atoms with Crippen LogP contribution in [-0.4, -0.2) is 72.9 Å². The lowest BCUT2D eigenvalue weighted by molar-refractivity contribution is -0.194. The fourth-order valence-corrected chi connectivity index (χ4v) is 8.24. The zero-order valence-electron chi connectivity index (χ0n) is 42.1. The predicted octanol–water partition coefficient (Wildman–Crippen LogP) is 13.8. The number of Topliss-reactive ketones (excluding diaryl/α,β-unsaturated/α-hetero) is 3. The lowest BCUT2D eigenvalue weighted by Crippen LogP contribution is -2.69. The normalized spacial score (nSPS) is 15.2. The molecule has 0 aliphatic heterocycles. The minimum Gasteiger partial charge on any atom is -0.393 e. The van der Waals surface area contributed by atoms with Crippen LogP contribution < -0.4 is 0 Å². The van der Waals surface area contributed by atoms with Crippen molar-refractivity contribution in [3.05, 3.63) is 60.8 Å². The van der Waals surface area contributed by atoms with E-state index in [1.54, 1.807) is 0 Å². The zero-order chi connectivity index (χ0) is 48.1. The zero-order valence-corrected chi connectivity index (χ0v) is 42.1. The van der Waals surface area contributed by atoms with Crippen LogP contribution in [0.2, 0.25) is 0 Å². The van der Waals surface area contributed by atoms with Crippen LogP contribution in [0, 0.1) is 0 Å². The molecule has 0 bridgehead atoms. The van der Waals surface area contributed by atoms with Crippen LogP contribution in [0.1, 0.15) is 252 Å². The van der Waals surface area contributed by atoms with Gasteiger partial charge in [0, 0.05) is 19.3 Å². The molecule has 4 atom stereocenters. The lowest BCUT2D eigenvalue weighted by atomic mass is 9.71. The van der Waals surface area contributed by atoms with Crippen molar-refractivity contribution in [1.29, 1.82) is 0 Å². The van der Waals surface area contributed by atoms with Crippen molar-refractivity contribution in [3.8, 4) is 0 Å². The van der Waals surface area contributed by atoms with E-state index in [0.717, 1.165) is 122 Å². The number of unbranched alkanes of at least 4 members (excludes halogenated alkanes) is 21. The molecular weight excluding hydrogens is 813 g/mol. The summed E-state index contributed by atoms with van der Waals surface area (Å²) in [5.41, 5.74) is -5.89. The number of allylic oxidation sites excluding steroid dienone is 8. The van der Waals surface area contributed by atoms with Gasteiger partial charge in [-0.1, -0.05) is 191 Å². The highest BCUT2D eigenvalue weighted by atomic mass is 16.4. The molecule has 0 spiro atoms. The van der Waals surface area contributed by atoms with E-state index in [2.05, 4.69) is 81.5 Å². The summed E-state index contributed by atoms with van der Waals surface area (Å²) in [6.07, 6.45) is 50.2. The third-order valence-electron chi connectivity index (χ3n) is 12.6. The number of aliphatic hydroxyl groups excluding tert-OH is 3. The molecule has 0 aliphatic rings. The first-order valence-corrected chi connectivity index (χ1v) is 26.8. The van der Waals surface area contributed by atoms with Crippen LogP contribution in [0.25, 0.3) is 0 Å². The minimum atomic E-state index is -2.99. The monoisotopic (exact) mass is 913 g/mol. The van der Waals surface area contributed by atoms with Gasteiger partial charge in [-0.25, -0.2) is 0 Å². The Morgan fingerprint density at radius 3 is 1.15 bits per heavy atom. The molecule has 8 nitrogen and oxygen atoms in total. The largest absolute Gasteiger partial charge is 0.393 e. The molecule has 0 aromatic rings. The number of rotatable bonds is 48. The Hall–Kier alpha value is -2.49. The quantitative estimate of drug-likeness (QED) is 0.0230. The molecule has 0 saturated heterocycles. The van der Waals surface area contributed by atoms with E-state index in [1.165, 1.54) is 38.5 Å². The molecule has 0 aromatic heterocycles. The van der Waals surface area contributed by atoms with Crippen LogP contribution in [0.5, 0.6) is 0 Å². The second-order valence-electron chi connectivity index (χ2n) is 18.6. The van der Waals surface area contributed by atoms with Gasteiger partial charge in [0.15, 0.2) is 23.0 Å². The summed E-state index contributed by atoms with van der Waals surface area (Å²) in [7, 11) is 0. The molecule has 0 aliphatic carbocycles. The summed E-state index contributed by atoms with van der Waals surface area (Å²) in [6.45, 7) is 5.28. The van der Waals surface area contributed by atoms with Crippen LogP contribution in [0.3, 0.4) is 0 Å².